The number of aromatic nitrogens is 1. The van der Waals surface area contributed by atoms with Gasteiger partial charge in [0.05, 0.1) is 12.8 Å². The van der Waals surface area contributed by atoms with E-state index in [9.17, 15) is 14.4 Å². The van der Waals surface area contributed by atoms with Gasteiger partial charge in [0.15, 0.2) is 11.8 Å². The van der Waals surface area contributed by atoms with Gasteiger partial charge < -0.3 is 10.1 Å². The van der Waals surface area contributed by atoms with Crippen LogP contribution in [0, 0.1) is 0 Å². The number of hydrogen-bond donors (Lipinski definition) is 1. The summed E-state index contributed by atoms with van der Waals surface area (Å²) in [5.41, 5.74) is 3.59. The van der Waals surface area contributed by atoms with Crippen molar-refractivity contribution in [2.75, 3.05) is 7.11 Å². The SMILES string of the molecule is COC(=O)C(NC(=O)CCC(=O)c1ccc2c(c1)CCCC2)c1ccccn1. The summed E-state index contributed by atoms with van der Waals surface area (Å²) in [6.07, 6.45) is 6.03. The zero-order chi connectivity index (χ0) is 19.9. The minimum Gasteiger partial charge on any atom is -0.467 e. The molecule has 0 aliphatic heterocycles. The number of methoxy groups -OCH3 is 1. The average Bonchev–Trinajstić information content (AvgIpc) is 2.75. The lowest BCUT2D eigenvalue weighted by molar-refractivity contribution is -0.145. The number of benzene rings is 1. The molecular formula is C22H24N2O4. The first kappa shape index (κ1) is 19.7. The second-order valence-corrected chi connectivity index (χ2v) is 6.89. The second-order valence-electron chi connectivity index (χ2n) is 6.89. The number of ether oxygens (including phenoxy) is 1. The monoisotopic (exact) mass is 380 g/mol. The fourth-order valence-electron chi connectivity index (χ4n) is 3.43. The van der Waals surface area contributed by atoms with Crippen molar-refractivity contribution in [1.29, 1.82) is 0 Å². The van der Waals surface area contributed by atoms with Gasteiger partial charge in [-0.3, -0.25) is 14.6 Å². The molecule has 6 nitrogen and oxygen atoms in total. The molecular weight excluding hydrogens is 356 g/mol. The van der Waals surface area contributed by atoms with Crippen LogP contribution in [-0.4, -0.2) is 29.8 Å². The first-order valence-corrected chi connectivity index (χ1v) is 9.51. The maximum atomic E-state index is 12.5. The molecule has 1 aliphatic carbocycles. The highest BCUT2D eigenvalue weighted by molar-refractivity contribution is 5.98. The molecule has 1 heterocycles. The van der Waals surface area contributed by atoms with Crippen LogP contribution >= 0.6 is 0 Å². The van der Waals surface area contributed by atoms with Gasteiger partial charge in [-0.15, -0.1) is 0 Å². The fraction of sp³-hybridized carbons (Fsp3) is 0.364. The number of rotatable bonds is 7. The molecule has 0 fully saturated rings. The molecule has 1 aliphatic rings. The van der Waals surface area contributed by atoms with Gasteiger partial charge in [-0.1, -0.05) is 18.2 Å². The zero-order valence-electron chi connectivity index (χ0n) is 15.9. The van der Waals surface area contributed by atoms with Crippen LogP contribution in [-0.2, 0) is 27.2 Å². The normalized spacial score (nSPS) is 13.9. The third-order valence-corrected chi connectivity index (χ3v) is 4.98. The number of Topliss-reactive ketones (excluding diaryl/α,β-unsaturated/α-hetero) is 1. The predicted octanol–water partition coefficient (Wildman–Crippen LogP) is 2.95. The van der Waals surface area contributed by atoms with Gasteiger partial charge in [0.25, 0.3) is 0 Å². The van der Waals surface area contributed by atoms with E-state index in [-0.39, 0.29) is 18.6 Å². The topological polar surface area (TPSA) is 85.4 Å². The van der Waals surface area contributed by atoms with E-state index in [4.69, 9.17) is 4.74 Å². The third-order valence-electron chi connectivity index (χ3n) is 4.98. The van der Waals surface area contributed by atoms with Gasteiger partial charge in [-0.05, 0) is 55.0 Å². The van der Waals surface area contributed by atoms with Crippen LogP contribution in [0.15, 0.2) is 42.6 Å². The molecule has 1 aromatic heterocycles. The van der Waals surface area contributed by atoms with Crippen molar-refractivity contribution in [3.63, 3.8) is 0 Å². The number of nitrogens with one attached hydrogen (secondary N) is 1. The molecule has 3 rings (SSSR count). The first-order chi connectivity index (χ1) is 13.6. The Morgan fingerprint density at radius 2 is 1.86 bits per heavy atom. The first-order valence-electron chi connectivity index (χ1n) is 9.51. The summed E-state index contributed by atoms with van der Waals surface area (Å²) in [5, 5.41) is 2.61. The van der Waals surface area contributed by atoms with Crippen molar-refractivity contribution in [3.05, 3.63) is 65.0 Å². The number of esters is 1. The number of carbonyl (C=O) groups excluding carboxylic acids is 3. The van der Waals surface area contributed by atoms with Crippen LogP contribution in [0.2, 0.25) is 0 Å². The van der Waals surface area contributed by atoms with Crippen molar-refractivity contribution in [2.24, 2.45) is 0 Å². The Labute approximate surface area is 164 Å². The Morgan fingerprint density at radius 1 is 1.07 bits per heavy atom. The number of aryl methyl sites for hydroxylation is 2. The molecule has 0 radical (unpaired) electrons. The third kappa shape index (κ3) is 4.82. The summed E-state index contributed by atoms with van der Waals surface area (Å²) in [6, 6.07) is 9.92. The number of nitrogens with zero attached hydrogens (tertiary/aromatic N) is 1. The van der Waals surface area contributed by atoms with E-state index in [1.54, 1.807) is 18.2 Å². The van der Waals surface area contributed by atoms with Crippen LogP contribution in [0.4, 0.5) is 0 Å². The molecule has 1 amide bonds. The van der Waals surface area contributed by atoms with E-state index < -0.39 is 17.9 Å². The second kappa shape index (κ2) is 9.26. The molecule has 0 spiro atoms. The van der Waals surface area contributed by atoms with E-state index in [0.29, 0.717) is 11.3 Å². The number of amides is 1. The van der Waals surface area contributed by atoms with Gasteiger partial charge >= 0.3 is 5.97 Å². The van der Waals surface area contributed by atoms with Crippen LogP contribution in [0.3, 0.4) is 0 Å². The van der Waals surface area contributed by atoms with Crippen molar-refractivity contribution < 1.29 is 19.1 Å². The Bertz CT molecular complexity index is 864. The van der Waals surface area contributed by atoms with Gasteiger partial charge in [0.1, 0.15) is 0 Å². The molecule has 0 saturated heterocycles. The number of ketones is 1. The van der Waals surface area contributed by atoms with E-state index in [1.165, 1.54) is 30.9 Å². The summed E-state index contributed by atoms with van der Waals surface area (Å²) in [6.45, 7) is 0. The Morgan fingerprint density at radius 3 is 2.57 bits per heavy atom. The molecule has 1 unspecified atom stereocenters. The Kier molecular flexibility index (Phi) is 6.53. The van der Waals surface area contributed by atoms with Gasteiger partial charge in [0, 0.05) is 24.6 Å². The Balaban J connectivity index is 1.59. The minimum atomic E-state index is -0.988. The lowest BCUT2D eigenvalue weighted by Crippen LogP contribution is -2.35. The van der Waals surface area contributed by atoms with Crippen LogP contribution < -0.4 is 5.32 Å². The van der Waals surface area contributed by atoms with Gasteiger partial charge in [0.2, 0.25) is 5.91 Å². The molecule has 6 heteroatoms. The van der Waals surface area contributed by atoms with Crippen molar-refractivity contribution in [1.82, 2.24) is 10.3 Å². The smallest absolute Gasteiger partial charge is 0.334 e. The number of hydrogen-bond acceptors (Lipinski definition) is 5. The highest BCUT2D eigenvalue weighted by Gasteiger charge is 2.25. The number of carbonyl (C=O) groups is 3. The van der Waals surface area contributed by atoms with E-state index in [0.717, 1.165) is 19.3 Å². The minimum absolute atomic E-state index is 0.00372. The molecule has 0 bridgehead atoms. The maximum absolute atomic E-state index is 12.5. The molecule has 2 aromatic rings. The lowest BCUT2D eigenvalue weighted by Gasteiger charge is -2.17. The molecule has 28 heavy (non-hydrogen) atoms. The lowest BCUT2D eigenvalue weighted by atomic mass is 9.89. The summed E-state index contributed by atoms with van der Waals surface area (Å²) >= 11 is 0. The molecule has 146 valence electrons. The Hall–Kier alpha value is -3.02. The molecule has 1 aromatic carbocycles. The summed E-state index contributed by atoms with van der Waals surface area (Å²) < 4.78 is 4.75. The molecule has 0 saturated carbocycles. The maximum Gasteiger partial charge on any atom is 0.334 e. The van der Waals surface area contributed by atoms with E-state index >= 15 is 0 Å². The van der Waals surface area contributed by atoms with Crippen LogP contribution in [0.25, 0.3) is 0 Å². The summed E-state index contributed by atoms with van der Waals surface area (Å²) in [5.74, 6) is -1.07. The predicted molar refractivity (Wildman–Crippen MR) is 104 cm³/mol. The van der Waals surface area contributed by atoms with Crippen molar-refractivity contribution in [3.8, 4) is 0 Å². The largest absolute Gasteiger partial charge is 0.467 e. The van der Waals surface area contributed by atoms with Crippen molar-refractivity contribution in [2.45, 2.75) is 44.6 Å². The van der Waals surface area contributed by atoms with Gasteiger partial charge in [-0.25, -0.2) is 4.79 Å². The fourth-order valence-corrected chi connectivity index (χ4v) is 3.43. The summed E-state index contributed by atoms with van der Waals surface area (Å²) in [7, 11) is 1.25. The average molecular weight is 380 g/mol. The highest BCUT2D eigenvalue weighted by atomic mass is 16.5. The van der Waals surface area contributed by atoms with Crippen LogP contribution in [0.1, 0.15) is 58.9 Å². The summed E-state index contributed by atoms with van der Waals surface area (Å²) in [4.78, 5) is 40.9. The zero-order valence-corrected chi connectivity index (χ0v) is 15.9. The van der Waals surface area contributed by atoms with Gasteiger partial charge in [-0.2, -0.15) is 0 Å². The number of pyridine rings is 1. The van der Waals surface area contributed by atoms with Crippen molar-refractivity contribution >= 4 is 17.7 Å². The number of fused-ring (bicyclic) bond motifs is 1. The quantitative estimate of drug-likeness (QED) is 0.590. The van der Waals surface area contributed by atoms with E-state index in [2.05, 4.69) is 10.3 Å². The standard InChI is InChI=1S/C22H24N2O4/c1-28-22(27)21(18-8-4-5-13-23-18)24-20(26)12-11-19(25)17-10-9-15-6-2-3-7-16(15)14-17/h4-5,8-10,13-14,21H,2-3,6-7,11-12H2,1H3,(H,24,26). The highest BCUT2D eigenvalue weighted by Crippen LogP contribution is 2.23. The molecule has 1 N–H and O–H groups in total. The van der Waals surface area contributed by atoms with Crippen LogP contribution in [0.5, 0.6) is 0 Å². The van der Waals surface area contributed by atoms with E-state index in [1.807, 2.05) is 18.2 Å². The molecule has 1 atom stereocenters.